The van der Waals surface area contributed by atoms with Crippen molar-refractivity contribution in [3.8, 4) is 0 Å². The van der Waals surface area contributed by atoms with Crippen molar-refractivity contribution in [1.29, 1.82) is 0 Å². The van der Waals surface area contributed by atoms with Crippen LogP contribution in [0.4, 0.5) is 8.78 Å². The standard InChI is InChI=1S/C9H11F2N.ClH/c1-6-2-3-7(8(11)4-6)9(12)5-10;/h2-4,9H,5,12H2,1H3;1H/t9-;/m0./s1. The Hall–Kier alpha value is -0.670. The molecule has 0 unspecified atom stereocenters. The minimum atomic E-state index is -0.842. The minimum absolute atomic E-state index is 0. The van der Waals surface area contributed by atoms with E-state index in [0.29, 0.717) is 0 Å². The van der Waals surface area contributed by atoms with E-state index < -0.39 is 18.5 Å². The van der Waals surface area contributed by atoms with Crippen LogP contribution in [0.3, 0.4) is 0 Å². The second-order valence-electron chi connectivity index (χ2n) is 2.79. The largest absolute Gasteiger partial charge is 0.322 e. The molecule has 0 saturated heterocycles. The molecule has 1 rings (SSSR count). The first-order chi connectivity index (χ1) is 5.65. The molecule has 1 aromatic rings. The van der Waals surface area contributed by atoms with Gasteiger partial charge in [0, 0.05) is 5.56 Å². The zero-order valence-corrected chi connectivity index (χ0v) is 8.07. The van der Waals surface area contributed by atoms with Gasteiger partial charge in [0.1, 0.15) is 12.5 Å². The maximum atomic E-state index is 13.0. The Kier molecular flexibility index (Phi) is 4.88. The Morgan fingerprint density at radius 2 is 2.08 bits per heavy atom. The van der Waals surface area contributed by atoms with Crippen LogP contribution < -0.4 is 5.73 Å². The molecule has 0 radical (unpaired) electrons. The van der Waals surface area contributed by atoms with Crippen molar-refractivity contribution in [2.45, 2.75) is 13.0 Å². The molecule has 4 heteroatoms. The van der Waals surface area contributed by atoms with Gasteiger partial charge in [0.15, 0.2) is 0 Å². The van der Waals surface area contributed by atoms with Gasteiger partial charge in [-0.25, -0.2) is 8.78 Å². The van der Waals surface area contributed by atoms with Crippen molar-refractivity contribution in [2.24, 2.45) is 5.73 Å². The molecule has 74 valence electrons. The molecule has 1 aromatic carbocycles. The number of hydrogen-bond acceptors (Lipinski definition) is 1. The molecule has 1 atom stereocenters. The fourth-order valence-electron chi connectivity index (χ4n) is 1.02. The van der Waals surface area contributed by atoms with Gasteiger partial charge >= 0.3 is 0 Å². The lowest BCUT2D eigenvalue weighted by molar-refractivity contribution is 0.426. The maximum absolute atomic E-state index is 13.0. The zero-order chi connectivity index (χ0) is 9.14. The van der Waals surface area contributed by atoms with Crippen molar-refractivity contribution in [1.82, 2.24) is 0 Å². The van der Waals surface area contributed by atoms with E-state index in [4.69, 9.17) is 5.73 Å². The smallest absolute Gasteiger partial charge is 0.128 e. The van der Waals surface area contributed by atoms with Crippen molar-refractivity contribution in [3.05, 3.63) is 35.1 Å². The van der Waals surface area contributed by atoms with Crippen LogP contribution in [0.1, 0.15) is 17.2 Å². The Labute approximate surface area is 82.4 Å². The van der Waals surface area contributed by atoms with Gasteiger partial charge in [-0.1, -0.05) is 12.1 Å². The van der Waals surface area contributed by atoms with Crippen LogP contribution in [0.5, 0.6) is 0 Å². The Morgan fingerprint density at radius 3 is 2.54 bits per heavy atom. The van der Waals surface area contributed by atoms with E-state index in [0.717, 1.165) is 5.56 Å². The first-order valence-corrected chi connectivity index (χ1v) is 3.72. The highest BCUT2D eigenvalue weighted by Gasteiger charge is 2.10. The summed E-state index contributed by atoms with van der Waals surface area (Å²) in [5, 5.41) is 0. The highest BCUT2D eigenvalue weighted by molar-refractivity contribution is 5.85. The SMILES string of the molecule is Cc1ccc([C@@H](N)CF)c(F)c1.Cl. The predicted octanol–water partition coefficient (Wildman–Crippen LogP) is 2.53. The summed E-state index contributed by atoms with van der Waals surface area (Å²) >= 11 is 0. The first kappa shape index (κ1) is 12.3. The van der Waals surface area contributed by atoms with Gasteiger partial charge in [0.2, 0.25) is 0 Å². The number of hydrogen-bond donors (Lipinski definition) is 1. The van der Waals surface area contributed by atoms with Crippen molar-refractivity contribution in [2.75, 3.05) is 6.67 Å². The van der Waals surface area contributed by atoms with Gasteiger partial charge in [-0.3, -0.25) is 0 Å². The van der Waals surface area contributed by atoms with E-state index in [1.165, 1.54) is 12.1 Å². The average Bonchev–Trinajstić information content (AvgIpc) is 2.03. The molecule has 1 nitrogen and oxygen atoms in total. The number of nitrogens with two attached hydrogens (primary N) is 1. The second kappa shape index (κ2) is 5.14. The molecule has 0 bridgehead atoms. The number of aryl methyl sites for hydroxylation is 1. The fourth-order valence-corrected chi connectivity index (χ4v) is 1.02. The van der Waals surface area contributed by atoms with Crippen molar-refractivity contribution < 1.29 is 8.78 Å². The topological polar surface area (TPSA) is 26.0 Å². The van der Waals surface area contributed by atoms with Gasteiger partial charge in [0.05, 0.1) is 6.04 Å². The molecule has 0 amide bonds. The monoisotopic (exact) mass is 207 g/mol. The summed E-state index contributed by atoms with van der Waals surface area (Å²) in [6.07, 6.45) is 0. The molecular weight excluding hydrogens is 196 g/mol. The predicted molar refractivity (Wildman–Crippen MR) is 51.3 cm³/mol. The Morgan fingerprint density at radius 1 is 1.46 bits per heavy atom. The Bertz CT molecular complexity index is 278. The van der Waals surface area contributed by atoms with Crippen LogP contribution in [0, 0.1) is 12.7 Å². The van der Waals surface area contributed by atoms with Crippen LogP contribution in [-0.2, 0) is 0 Å². The fraction of sp³-hybridized carbons (Fsp3) is 0.333. The van der Waals surface area contributed by atoms with Crippen LogP contribution in [0.2, 0.25) is 0 Å². The summed E-state index contributed by atoms with van der Waals surface area (Å²) in [4.78, 5) is 0. The third-order valence-corrected chi connectivity index (χ3v) is 1.72. The van der Waals surface area contributed by atoms with Crippen molar-refractivity contribution in [3.63, 3.8) is 0 Å². The Balaban J connectivity index is 0.00000144. The van der Waals surface area contributed by atoms with Crippen molar-refractivity contribution >= 4 is 12.4 Å². The molecule has 0 saturated carbocycles. The van der Waals surface area contributed by atoms with E-state index in [-0.39, 0.29) is 18.0 Å². The molecule has 0 spiro atoms. The van der Waals surface area contributed by atoms with Gasteiger partial charge in [-0.2, -0.15) is 0 Å². The third kappa shape index (κ3) is 2.94. The molecular formula is C9H12ClF2N. The lowest BCUT2D eigenvalue weighted by Gasteiger charge is -2.08. The zero-order valence-electron chi connectivity index (χ0n) is 7.26. The number of halogens is 3. The van der Waals surface area contributed by atoms with E-state index >= 15 is 0 Å². The normalized spacial score (nSPS) is 12.0. The average molecular weight is 208 g/mol. The van der Waals surface area contributed by atoms with E-state index in [1.54, 1.807) is 13.0 Å². The van der Waals surface area contributed by atoms with E-state index in [2.05, 4.69) is 0 Å². The summed E-state index contributed by atoms with van der Waals surface area (Å²) in [6, 6.07) is 3.75. The van der Waals surface area contributed by atoms with Crippen LogP contribution in [-0.4, -0.2) is 6.67 Å². The van der Waals surface area contributed by atoms with Crippen LogP contribution in [0.15, 0.2) is 18.2 Å². The summed E-state index contributed by atoms with van der Waals surface area (Å²) in [6.45, 7) is 1.04. The summed E-state index contributed by atoms with van der Waals surface area (Å²) in [7, 11) is 0. The molecule has 13 heavy (non-hydrogen) atoms. The lowest BCUT2D eigenvalue weighted by atomic mass is 10.1. The summed E-state index contributed by atoms with van der Waals surface area (Å²) < 4.78 is 25.1. The first-order valence-electron chi connectivity index (χ1n) is 3.72. The highest BCUT2D eigenvalue weighted by atomic mass is 35.5. The lowest BCUT2D eigenvalue weighted by Crippen LogP contribution is -2.13. The second-order valence-corrected chi connectivity index (χ2v) is 2.79. The molecule has 0 fully saturated rings. The van der Waals surface area contributed by atoms with Gasteiger partial charge < -0.3 is 5.73 Å². The van der Waals surface area contributed by atoms with Crippen LogP contribution >= 0.6 is 12.4 Å². The van der Waals surface area contributed by atoms with Gasteiger partial charge in [-0.15, -0.1) is 12.4 Å². The van der Waals surface area contributed by atoms with Crippen LogP contribution in [0.25, 0.3) is 0 Å². The molecule has 0 aliphatic rings. The number of alkyl halides is 1. The van der Waals surface area contributed by atoms with Gasteiger partial charge in [-0.05, 0) is 18.6 Å². The number of rotatable bonds is 2. The molecule has 2 N–H and O–H groups in total. The quantitative estimate of drug-likeness (QED) is 0.793. The molecule has 0 aliphatic heterocycles. The summed E-state index contributed by atoms with van der Waals surface area (Å²) in [5.74, 6) is -0.430. The maximum Gasteiger partial charge on any atom is 0.128 e. The number of benzene rings is 1. The molecule has 0 aliphatic carbocycles. The minimum Gasteiger partial charge on any atom is -0.322 e. The highest BCUT2D eigenvalue weighted by Crippen LogP contribution is 2.16. The van der Waals surface area contributed by atoms with E-state index in [1.807, 2.05) is 0 Å². The third-order valence-electron chi connectivity index (χ3n) is 1.72. The molecule has 0 heterocycles. The molecule has 0 aromatic heterocycles. The summed E-state index contributed by atoms with van der Waals surface area (Å²) in [5.41, 5.74) is 6.38. The van der Waals surface area contributed by atoms with Gasteiger partial charge in [0.25, 0.3) is 0 Å². The van der Waals surface area contributed by atoms with E-state index in [9.17, 15) is 8.78 Å².